The quantitative estimate of drug-likeness (QED) is 0.801. The van der Waals surface area contributed by atoms with E-state index in [0.717, 1.165) is 36.9 Å². The minimum Gasteiger partial charge on any atom is -0.368 e. The Kier molecular flexibility index (Phi) is 6.02. The summed E-state index contributed by atoms with van der Waals surface area (Å²) in [6, 6.07) is 19.6. The van der Waals surface area contributed by atoms with Crippen molar-refractivity contribution in [1.29, 1.82) is 0 Å². The van der Waals surface area contributed by atoms with Crippen LogP contribution in [-0.4, -0.2) is 35.8 Å². The molecular formula is C21H25N3O2. The van der Waals surface area contributed by atoms with Gasteiger partial charge in [0.2, 0.25) is 11.8 Å². The van der Waals surface area contributed by atoms with Gasteiger partial charge in [-0.25, -0.2) is 0 Å². The minimum atomic E-state index is -0.348. The highest BCUT2D eigenvalue weighted by molar-refractivity contribution is 5.83. The maximum atomic E-state index is 12.6. The Morgan fingerprint density at radius 1 is 1.08 bits per heavy atom. The highest BCUT2D eigenvalue weighted by Gasteiger charge is 2.30. The first-order valence-electron chi connectivity index (χ1n) is 9.05. The predicted octanol–water partition coefficient (Wildman–Crippen LogP) is 2.04. The Morgan fingerprint density at radius 2 is 1.73 bits per heavy atom. The van der Waals surface area contributed by atoms with Gasteiger partial charge in [-0.15, -0.1) is 0 Å². The second-order valence-electron chi connectivity index (χ2n) is 6.75. The number of hydrogen-bond acceptors (Lipinski definition) is 3. The molecule has 2 aromatic carbocycles. The molecule has 0 bridgehead atoms. The fourth-order valence-corrected chi connectivity index (χ4v) is 3.55. The third-order valence-corrected chi connectivity index (χ3v) is 4.86. The molecule has 2 aromatic rings. The Labute approximate surface area is 154 Å². The van der Waals surface area contributed by atoms with Gasteiger partial charge in [0.1, 0.15) is 0 Å². The van der Waals surface area contributed by atoms with Crippen molar-refractivity contribution in [2.45, 2.75) is 31.3 Å². The van der Waals surface area contributed by atoms with E-state index in [0.29, 0.717) is 0 Å². The molecule has 5 nitrogen and oxygen atoms in total. The van der Waals surface area contributed by atoms with Crippen LogP contribution in [0, 0.1) is 0 Å². The number of amides is 2. The Balaban J connectivity index is 1.69. The van der Waals surface area contributed by atoms with Gasteiger partial charge in [-0.3, -0.25) is 14.5 Å². The average molecular weight is 351 g/mol. The monoisotopic (exact) mass is 351 g/mol. The largest absolute Gasteiger partial charge is 0.368 e. The van der Waals surface area contributed by atoms with Gasteiger partial charge >= 0.3 is 0 Å². The van der Waals surface area contributed by atoms with Gasteiger partial charge in [0.05, 0.1) is 18.6 Å². The third kappa shape index (κ3) is 4.70. The van der Waals surface area contributed by atoms with Crippen molar-refractivity contribution in [1.82, 2.24) is 10.2 Å². The molecule has 0 spiro atoms. The lowest BCUT2D eigenvalue weighted by Gasteiger charge is -2.24. The van der Waals surface area contributed by atoms with Crippen molar-refractivity contribution in [3.63, 3.8) is 0 Å². The van der Waals surface area contributed by atoms with Crippen LogP contribution in [0.2, 0.25) is 0 Å². The number of primary amides is 1. The summed E-state index contributed by atoms with van der Waals surface area (Å²) in [7, 11) is 0. The van der Waals surface area contributed by atoms with Gasteiger partial charge in [-0.1, -0.05) is 60.7 Å². The molecule has 26 heavy (non-hydrogen) atoms. The number of nitrogens with zero attached hydrogens (tertiary/aromatic N) is 1. The van der Waals surface area contributed by atoms with Crippen molar-refractivity contribution in [2.24, 2.45) is 5.73 Å². The molecule has 3 rings (SSSR count). The molecule has 5 heteroatoms. The number of likely N-dealkylation sites (tertiary alicyclic amines) is 1. The molecule has 0 aliphatic carbocycles. The molecule has 0 saturated carbocycles. The van der Waals surface area contributed by atoms with Crippen LogP contribution in [0.25, 0.3) is 0 Å². The van der Waals surface area contributed by atoms with E-state index in [1.165, 1.54) is 0 Å². The summed E-state index contributed by atoms with van der Waals surface area (Å²) in [5.74, 6) is -0.429. The molecule has 136 valence electrons. The van der Waals surface area contributed by atoms with Crippen LogP contribution >= 0.6 is 0 Å². The van der Waals surface area contributed by atoms with Crippen LogP contribution in [0.1, 0.15) is 30.0 Å². The first-order chi connectivity index (χ1) is 12.6. The van der Waals surface area contributed by atoms with Crippen LogP contribution in [0.3, 0.4) is 0 Å². The molecule has 2 atom stereocenters. The number of rotatable bonds is 7. The fourth-order valence-electron chi connectivity index (χ4n) is 3.55. The van der Waals surface area contributed by atoms with Crippen molar-refractivity contribution < 1.29 is 9.59 Å². The summed E-state index contributed by atoms with van der Waals surface area (Å²) in [5.41, 5.74) is 7.68. The number of hydrogen-bond donors (Lipinski definition) is 2. The summed E-state index contributed by atoms with van der Waals surface area (Å²) >= 11 is 0. The Morgan fingerprint density at radius 3 is 2.38 bits per heavy atom. The number of benzene rings is 2. The number of nitrogens with two attached hydrogens (primary N) is 1. The molecular weight excluding hydrogens is 326 g/mol. The summed E-state index contributed by atoms with van der Waals surface area (Å²) in [4.78, 5) is 26.0. The van der Waals surface area contributed by atoms with Gasteiger partial charge < -0.3 is 11.1 Å². The standard InChI is InChI=1S/C21H25N3O2/c22-21(26)19-12-7-13-24(19)15-20(25)23-18(17-10-5-2-6-11-17)14-16-8-3-1-4-9-16/h1-6,8-11,18-19H,7,12-15H2,(H2,22,26)(H,23,25)/t18-,19-/m0/s1. The molecule has 2 amide bonds. The van der Waals surface area contributed by atoms with E-state index in [1.807, 2.05) is 53.4 Å². The topological polar surface area (TPSA) is 75.4 Å². The minimum absolute atomic E-state index is 0.0806. The molecule has 1 fully saturated rings. The third-order valence-electron chi connectivity index (χ3n) is 4.86. The first-order valence-corrected chi connectivity index (χ1v) is 9.05. The Hall–Kier alpha value is -2.66. The van der Waals surface area contributed by atoms with Gasteiger partial charge in [-0.2, -0.15) is 0 Å². The van der Waals surface area contributed by atoms with E-state index < -0.39 is 0 Å². The van der Waals surface area contributed by atoms with Gasteiger partial charge in [-0.05, 0) is 36.9 Å². The lowest BCUT2D eigenvalue weighted by Crippen LogP contribution is -2.46. The highest BCUT2D eigenvalue weighted by atomic mass is 16.2. The zero-order valence-electron chi connectivity index (χ0n) is 14.8. The maximum Gasteiger partial charge on any atom is 0.234 e. The van der Waals surface area contributed by atoms with Crippen molar-refractivity contribution in [3.05, 3.63) is 71.8 Å². The first kappa shape index (κ1) is 18.1. The summed E-state index contributed by atoms with van der Waals surface area (Å²) in [6.07, 6.45) is 2.34. The molecule has 1 aliphatic rings. The smallest absolute Gasteiger partial charge is 0.234 e. The van der Waals surface area contributed by atoms with E-state index in [2.05, 4.69) is 17.4 Å². The van der Waals surface area contributed by atoms with Gasteiger partial charge in [0, 0.05) is 0 Å². The van der Waals surface area contributed by atoms with Crippen LogP contribution in [0.15, 0.2) is 60.7 Å². The number of nitrogens with one attached hydrogen (secondary N) is 1. The number of carbonyl (C=O) groups is 2. The molecule has 0 aromatic heterocycles. The molecule has 0 radical (unpaired) electrons. The van der Waals surface area contributed by atoms with E-state index in [1.54, 1.807) is 0 Å². The molecule has 1 saturated heterocycles. The van der Waals surface area contributed by atoms with Crippen molar-refractivity contribution >= 4 is 11.8 Å². The van der Waals surface area contributed by atoms with Crippen molar-refractivity contribution in [2.75, 3.05) is 13.1 Å². The number of carbonyl (C=O) groups excluding carboxylic acids is 2. The second kappa shape index (κ2) is 8.63. The lowest BCUT2D eigenvalue weighted by atomic mass is 9.99. The molecule has 1 heterocycles. The van der Waals surface area contributed by atoms with E-state index >= 15 is 0 Å². The van der Waals surface area contributed by atoms with E-state index in [-0.39, 0.29) is 30.4 Å². The van der Waals surface area contributed by atoms with Crippen LogP contribution in [-0.2, 0) is 16.0 Å². The van der Waals surface area contributed by atoms with E-state index in [9.17, 15) is 9.59 Å². The van der Waals surface area contributed by atoms with Gasteiger partial charge in [0.15, 0.2) is 0 Å². The zero-order valence-corrected chi connectivity index (χ0v) is 14.8. The fraction of sp³-hybridized carbons (Fsp3) is 0.333. The zero-order chi connectivity index (χ0) is 18.4. The summed E-state index contributed by atoms with van der Waals surface area (Å²) in [5, 5.41) is 3.14. The second-order valence-corrected chi connectivity index (χ2v) is 6.75. The normalized spacial score (nSPS) is 18.4. The molecule has 3 N–H and O–H groups in total. The summed E-state index contributed by atoms with van der Waals surface area (Å²) < 4.78 is 0. The Bertz CT molecular complexity index is 733. The molecule has 0 unspecified atom stereocenters. The highest BCUT2D eigenvalue weighted by Crippen LogP contribution is 2.20. The average Bonchev–Trinajstić information content (AvgIpc) is 3.11. The van der Waals surface area contributed by atoms with Crippen LogP contribution in [0.5, 0.6) is 0 Å². The summed E-state index contributed by atoms with van der Waals surface area (Å²) in [6.45, 7) is 0.932. The predicted molar refractivity (Wildman–Crippen MR) is 101 cm³/mol. The lowest BCUT2D eigenvalue weighted by molar-refractivity contribution is -0.126. The van der Waals surface area contributed by atoms with Gasteiger partial charge in [0.25, 0.3) is 0 Å². The van der Waals surface area contributed by atoms with E-state index in [4.69, 9.17) is 5.73 Å². The van der Waals surface area contributed by atoms with Crippen molar-refractivity contribution in [3.8, 4) is 0 Å². The maximum absolute atomic E-state index is 12.6. The molecule has 1 aliphatic heterocycles. The van der Waals surface area contributed by atoms with Crippen LogP contribution < -0.4 is 11.1 Å². The SMILES string of the molecule is NC(=O)[C@@H]1CCCN1CC(=O)N[C@@H](Cc1ccccc1)c1ccccc1. The van der Waals surface area contributed by atoms with Crippen LogP contribution in [0.4, 0.5) is 0 Å².